The number of sulfonamides is 2. The lowest BCUT2D eigenvalue weighted by atomic mass is 10.00. The second-order valence-corrected chi connectivity index (χ2v) is 21.9. The zero-order valence-electron chi connectivity index (χ0n) is 40.4. The number of nitrogens with zero attached hydrogens (tertiary/aromatic N) is 10. The van der Waals surface area contributed by atoms with Gasteiger partial charge in [-0.15, -0.1) is 40.9 Å². The Morgan fingerprint density at radius 2 is 1.05 bits per heavy atom. The molecule has 0 aliphatic carbocycles. The highest BCUT2D eigenvalue weighted by atomic mass is 32.2. The highest BCUT2D eigenvalue weighted by molar-refractivity contribution is 7.93. The Morgan fingerprint density at radius 1 is 0.630 bits per heavy atom. The molecule has 0 radical (unpaired) electrons. The second-order valence-electron chi connectivity index (χ2n) is 16.6. The van der Waals surface area contributed by atoms with E-state index in [0.29, 0.717) is 44.5 Å². The SMILES string of the molecule is CCCCOC(=O)c1nnc(N=Nc2cc3c(cc2NS(=O)(=O)C(F)(F)F)N(CCCC)CCC3)s1.CCCCOC(=O)c1nnc(N=Nc2cc3c(cc2NS(=O)(=O)CC(F)(F)F)N(CCCC)CCC3)s1. The van der Waals surface area contributed by atoms with Crippen LogP contribution in [0.2, 0.25) is 0 Å². The van der Waals surface area contributed by atoms with Gasteiger partial charge in [0.15, 0.2) is 5.75 Å². The van der Waals surface area contributed by atoms with Crippen molar-refractivity contribution in [1.29, 1.82) is 0 Å². The monoisotopic (exact) mass is 1110 g/mol. The quantitative estimate of drug-likeness (QED) is 0.0303. The molecule has 402 valence electrons. The fraction of sp³-hybridized carbons (Fsp3) is 0.581. The van der Waals surface area contributed by atoms with Crippen LogP contribution in [-0.2, 0) is 42.4 Å². The lowest BCUT2D eigenvalue weighted by Crippen LogP contribution is -2.32. The molecule has 30 heteroatoms. The Labute approximate surface area is 426 Å². The molecule has 2 aliphatic heterocycles. The van der Waals surface area contributed by atoms with E-state index in [1.165, 1.54) is 18.2 Å². The molecule has 0 saturated heterocycles. The van der Waals surface area contributed by atoms with Gasteiger partial charge in [-0.05, 0) is 86.8 Å². The van der Waals surface area contributed by atoms with Gasteiger partial charge in [-0.25, -0.2) is 18.0 Å². The van der Waals surface area contributed by atoms with E-state index in [1.807, 2.05) is 30.4 Å². The fourth-order valence-electron chi connectivity index (χ4n) is 7.12. The van der Waals surface area contributed by atoms with Gasteiger partial charge in [0, 0.05) is 37.6 Å². The van der Waals surface area contributed by atoms with Gasteiger partial charge in [-0.2, -0.15) is 34.8 Å². The molecule has 2 aliphatic rings. The van der Waals surface area contributed by atoms with Crippen molar-refractivity contribution in [3.8, 4) is 0 Å². The highest BCUT2D eigenvalue weighted by Crippen LogP contribution is 2.41. The van der Waals surface area contributed by atoms with Crippen molar-refractivity contribution in [3.05, 3.63) is 45.4 Å². The number of ether oxygens (including phenoxy) is 2. The summed E-state index contributed by atoms with van der Waals surface area (Å²) in [6.45, 7) is 11.4. The zero-order chi connectivity index (χ0) is 53.4. The van der Waals surface area contributed by atoms with E-state index < -0.39 is 49.4 Å². The number of benzene rings is 2. The highest BCUT2D eigenvalue weighted by Gasteiger charge is 2.46. The lowest BCUT2D eigenvalue weighted by Gasteiger charge is -2.32. The number of hydrogen-bond donors (Lipinski definition) is 2. The number of nitrogens with one attached hydrogen (secondary N) is 2. The summed E-state index contributed by atoms with van der Waals surface area (Å²) in [5, 5.41) is 30.7. The summed E-state index contributed by atoms with van der Waals surface area (Å²) >= 11 is 1.63. The molecular weight excluding hydrogens is 1050 g/mol. The summed E-state index contributed by atoms with van der Waals surface area (Å²) in [5.41, 5.74) is -2.97. The number of rotatable bonds is 23. The number of aromatic nitrogens is 4. The largest absolute Gasteiger partial charge is 0.516 e. The molecule has 0 atom stereocenters. The van der Waals surface area contributed by atoms with Gasteiger partial charge in [0.25, 0.3) is 10.3 Å². The van der Waals surface area contributed by atoms with Crippen LogP contribution in [-0.4, -0.2) is 106 Å². The molecule has 0 bridgehead atoms. The van der Waals surface area contributed by atoms with Gasteiger partial charge < -0.3 is 19.3 Å². The van der Waals surface area contributed by atoms with Crippen LogP contribution in [0, 0.1) is 0 Å². The molecule has 2 N–H and O–H groups in total. The third-order valence-corrected chi connectivity index (χ3v) is 14.6. The van der Waals surface area contributed by atoms with Crippen molar-refractivity contribution in [3.63, 3.8) is 0 Å². The Hall–Kier alpha value is -5.62. The van der Waals surface area contributed by atoms with Crippen LogP contribution >= 0.6 is 22.7 Å². The number of hydrogen-bond acceptors (Lipinski definition) is 20. The van der Waals surface area contributed by atoms with Crippen molar-refractivity contribution in [1.82, 2.24) is 20.4 Å². The van der Waals surface area contributed by atoms with Gasteiger partial charge >= 0.3 is 33.6 Å². The van der Waals surface area contributed by atoms with Gasteiger partial charge in [0.1, 0.15) is 11.4 Å². The smallest absolute Gasteiger partial charge is 0.460 e. The molecule has 20 nitrogen and oxygen atoms in total. The third-order valence-electron chi connectivity index (χ3n) is 10.7. The number of alkyl halides is 6. The standard InChI is InChI=1S/C22H29F3N6O4S2.C21H27F3N6O4S2/c1-3-5-9-31-10-7-8-15-12-16(17(13-18(15)31)30-37(33,34)14-22(23,24)25)26-28-21-29-27-19(36-21)20(32)35-11-6-4-2;1-3-5-9-30-10-7-8-14-12-15(16(13-17(14)30)29-36(32,33)21(22,23)24)25-27-20-28-26-18(35-20)19(31)34-11-6-4-2/h12-13,30H,3-11,14H2,1-2H3;12-13,29H,3-11H2,1-2H3. The maximum Gasteiger partial charge on any atom is 0.516 e. The molecule has 4 aromatic rings. The number of halogens is 6. The van der Waals surface area contributed by atoms with Gasteiger partial charge in [0.05, 0.1) is 24.6 Å². The molecule has 2 aromatic carbocycles. The third kappa shape index (κ3) is 17.5. The van der Waals surface area contributed by atoms with Crippen LogP contribution in [0.25, 0.3) is 0 Å². The first-order valence-corrected chi connectivity index (χ1v) is 28.2. The first kappa shape index (κ1) is 58.3. The first-order chi connectivity index (χ1) is 34.6. The average molecular weight is 1110 g/mol. The molecule has 0 amide bonds. The molecule has 6 rings (SSSR count). The topological polar surface area (TPSA) is 252 Å². The van der Waals surface area contributed by atoms with Gasteiger partial charge in [-0.3, -0.25) is 9.44 Å². The normalized spacial score (nSPS) is 14.2. The maximum atomic E-state index is 13.1. The maximum absolute atomic E-state index is 13.1. The van der Waals surface area contributed by atoms with Crippen molar-refractivity contribution < 1.29 is 62.2 Å². The van der Waals surface area contributed by atoms with E-state index in [4.69, 9.17) is 9.47 Å². The summed E-state index contributed by atoms with van der Waals surface area (Å²) in [6, 6.07) is 6.00. The minimum absolute atomic E-state index is 0.00818. The number of unbranched alkanes of at least 4 members (excludes halogenated alkanes) is 4. The van der Waals surface area contributed by atoms with Crippen LogP contribution in [0.3, 0.4) is 0 Å². The summed E-state index contributed by atoms with van der Waals surface area (Å²) in [6.07, 6.45) is 4.93. The molecule has 4 heterocycles. The zero-order valence-corrected chi connectivity index (χ0v) is 43.6. The van der Waals surface area contributed by atoms with E-state index in [1.54, 1.807) is 10.8 Å². The molecule has 0 saturated carbocycles. The van der Waals surface area contributed by atoms with E-state index in [-0.39, 0.29) is 56.2 Å². The van der Waals surface area contributed by atoms with Crippen LogP contribution < -0.4 is 19.2 Å². The molecule has 0 spiro atoms. The Bertz CT molecular complexity index is 2790. The molecule has 0 unspecified atom stereocenters. The Kier molecular flexibility index (Phi) is 21.2. The van der Waals surface area contributed by atoms with Gasteiger partial charge in [-0.1, -0.05) is 76.1 Å². The number of azo groups is 2. The van der Waals surface area contributed by atoms with Crippen LogP contribution in [0.1, 0.15) is 123 Å². The predicted octanol–water partition coefficient (Wildman–Crippen LogP) is 11.5. The summed E-state index contributed by atoms with van der Waals surface area (Å²) in [7, 11) is -10.5. The van der Waals surface area contributed by atoms with E-state index >= 15 is 0 Å². The van der Waals surface area contributed by atoms with Crippen molar-refractivity contribution in [2.45, 2.75) is 116 Å². The summed E-state index contributed by atoms with van der Waals surface area (Å²) in [5.74, 6) is -3.34. The number of fused-ring (bicyclic) bond motifs is 2. The van der Waals surface area contributed by atoms with Crippen LogP contribution in [0.4, 0.5) is 70.7 Å². The second kappa shape index (κ2) is 26.5. The van der Waals surface area contributed by atoms with E-state index in [0.717, 1.165) is 104 Å². The Balaban J connectivity index is 0.000000271. The van der Waals surface area contributed by atoms with E-state index in [2.05, 4.69) is 52.7 Å². The molecule has 73 heavy (non-hydrogen) atoms. The van der Waals surface area contributed by atoms with Crippen molar-refractivity contribution in [2.24, 2.45) is 20.5 Å². The summed E-state index contributed by atoms with van der Waals surface area (Å²) < 4.78 is 140. The minimum atomic E-state index is -5.69. The average Bonchev–Trinajstić information content (AvgIpc) is 4.01. The molecule has 0 fully saturated rings. The van der Waals surface area contributed by atoms with Crippen molar-refractivity contribution in [2.75, 3.05) is 64.4 Å². The van der Waals surface area contributed by atoms with E-state index in [9.17, 15) is 52.8 Å². The number of aryl methyl sites for hydroxylation is 2. The number of anilines is 4. The number of esters is 2. The fourth-order valence-corrected chi connectivity index (χ4v) is 9.81. The number of carbonyl (C=O) groups excluding carboxylic acids is 2. The molecular formula is C43H56F6N12O8S4. The first-order valence-electron chi connectivity index (χ1n) is 23.4. The lowest BCUT2D eigenvalue weighted by molar-refractivity contribution is -0.106. The predicted molar refractivity (Wildman–Crippen MR) is 264 cm³/mol. The van der Waals surface area contributed by atoms with Gasteiger partial charge in [0.2, 0.25) is 20.0 Å². The molecule has 2 aromatic heterocycles. The van der Waals surface area contributed by atoms with Crippen LogP contribution in [0.5, 0.6) is 0 Å². The van der Waals surface area contributed by atoms with Crippen LogP contribution in [0.15, 0.2) is 44.7 Å². The van der Waals surface area contributed by atoms with Crippen molar-refractivity contribution >= 4 is 99.0 Å². The Morgan fingerprint density at radius 3 is 1.45 bits per heavy atom. The summed E-state index contributed by atoms with van der Waals surface area (Å²) in [4.78, 5) is 28.2. The minimum Gasteiger partial charge on any atom is -0.460 e. The number of carbonyl (C=O) groups is 2.